The Balaban J connectivity index is 2.68. The van der Waals surface area contributed by atoms with Crippen molar-refractivity contribution < 1.29 is 4.74 Å². The molecule has 0 aromatic heterocycles. The van der Waals surface area contributed by atoms with Crippen molar-refractivity contribution >= 4 is 17.6 Å². The average molecular weight is 270 g/mol. The second-order valence-electron chi connectivity index (χ2n) is 5.05. The number of benzene rings is 1. The number of nitrogens with zero attached hydrogens (tertiary/aromatic N) is 1. The Morgan fingerprint density at radius 2 is 2.11 bits per heavy atom. The molecule has 3 N–H and O–H groups in total. The number of nitrogens with two attached hydrogens (primary N) is 1. The molecule has 100 valence electrons. The van der Waals surface area contributed by atoms with Crippen molar-refractivity contribution in [3.63, 3.8) is 0 Å². The highest BCUT2D eigenvalue weighted by Crippen LogP contribution is 2.25. The third kappa shape index (κ3) is 4.84. The highest BCUT2D eigenvalue weighted by atomic mass is 35.5. The number of methoxy groups -OCH3 is 1. The van der Waals surface area contributed by atoms with Crippen LogP contribution in [0.2, 0.25) is 5.02 Å². The first kappa shape index (κ1) is 14.6. The van der Waals surface area contributed by atoms with Gasteiger partial charge in [-0.3, -0.25) is 0 Å². The van der Waals surface area contributed by atoms with Crippen LogP contribution < -0.4 is 15.8 Å². The molecule has 0 radical (unpaired) electrons. The minimum absolute atomic E-state index is 0.0921. The Labute approximate surface area is 113 Å². The number of hydrogen-bond donors (Lipinski definition) is 2. The van der Waals surface area contributed by atoms with Gasteiger partial charge in [0.25, 0.3) is 0 Å². The van der Waals surface area contributed by atoms with E-state index in [0.29, 0.717) is 23.3 Å². The van der Waals surface area contributed by atoms with Crippen LogP contribution in [-0.4, -0.2) is 18.6 Å². The van der Waals surface area contributed by atoms with E-state index in [1.54, 1.807) is 7.11 Å². The summed E-state index contributed by atoms with van der Waals surface area (Å²) in [6.45, 7) is 6.57. The number of nitrogens with one attached hydrogen (secondary N) is 1. The van der Waals surface area contributed by atoms with Crippen molar-refractivity contribution in [3.8, 4) is 5.75 Å². The molecular formula is C13H20ClN3O. The zero-order valence-corrected chi connectivity index (χ0v) is 12.0. The fourth-order valence-electron chi connectivity index (χ4n) is 1.41. The quantitative estimate of drug-likeness (QED) is 0.655. The van der Waals surface area contributed by atoms with Crippen LogP contribution in [0.1, 0.15) is 26.3 Å². The first-order valence-electron chi connectivity index (χ1n) is 5.72. The van der Waals surface area contributed by atoms with Gasteiger partial charge in [0.1, 0.15) is 5.75 Å². The van der Waals surface area contributed by atoms with Gasteiger partial charge in [-0.1, -0.05) is 17.7 Å². The van der Waals surface area contributed by atoms with E-state index < -0.39 is 0 Å². The largest absolute Gasteiger partial charge is 0.495 e. The van der Waals surface area contributed by atoms with Crippen molar-refractivity contribution in [1.29, 1.82) is 0 Å². The highest BCUT2D eigenvalue weighted by Gasteiger charge is 2.09. The van der Waals surface area contributed by atoms with Crippen LogP contribution in [0.15, 0.2) is 23.2 Å². The lowest BCUT2D eigenvalue weighted by Crippen LogP contribution is -2.44. The van der Waals surface area contributed by atoms with Gasteiger partial charge in [-0.2, -0.15) is 0 Å². The van der Waals surface area contributed by atoms with E-state index in [1.807, 2.05) is 39.0 Å². The van der Waals surface area contributed by atoms with Gasteiger partial charge in [0.05, 0.1) is 18.7 Å². The number of aliphatic imine (C=N–C) groups is 1. The van der Waals surface area contributed by atoms with Crippen molar-refractivity contribution in [2.45, 2.75) is 32.9 Å². The number of ether oxygens (including phenoxy) is 1. The van der Waals surface area contributed by atoms with E-state index in [0.717, 1.165) is 5.56 Å². The van der Waals surface area contributed by atoms with Gasteiger partial charge in [-0.15, -0.1) is 0 Å². The Morgan fingerprint density at radius 1 is 1.44 bits per heavy atom. The molecule has 0 bridgehead atoms. The molecule has 1 aromatic carbocycles. The molecule has 0 saturated carbocycles. The molecule has 0 fully saturated rings. The lowest BCUT2D eigenvalue weighted by Gasteiger charge is -2.21. The predicted molar refractivity (Wildman–Crippen MR) is 76.2 cm³/mol. The molecule has 1 aromatic rings. The molecule has 4 nitrogen and oxygen atoms in total. The van der Waals surface area contributed by atoms with Crippen LogP contribution in [0, 0.1) is 0 Å². The van der Waals surface area contributed by atoms with Crippen LogP contribution in [0.3, 0.4) is 0 Å². The molecule has 5 heteroatoms. The van der Waals surface area contributed by atoms with Crippen molar-refractivity contribution in [1.82, 2.24) is 5.32 Å². The van der Waals surface area contributed by atoms with Crippen LogP contribution in [0.4, 0.5) is 0 Å². The normalized spacial score (nSPS) is 12.4. The zero-order chi connectivity index (χ0) is 13.8. The monoisotopic (exact) mass is 269 g/mol. The maximum atomic E-state index is 6.03. The zero-order valence-electron chi connectivity index (χ0n) is 11.2. The summed E-state index contributed by atoms with van der Waals surface area (Å²) < 4.78 is 5.09. The van der Waals surface area contributed by atoms with E-state index in [-0.39, 0.29) is 5.54 Å². The third-order valence-electron chi connectivity index (χ3n) is 2.15. The maximum Gasteiger partial charge on any atom is 0.189 e. The summed E-state index contributed by atoms with van der Waals surface area (Å²) in [7, 11) is 1.59. The predicted octanol–water partition coefficient (Wildman–Crippen LogP) is 2.55. The second kappa shape index (κ2) is 5.96. The highest BCUT2D eigenvalue weighted by molar-refractivity contribution is 6.32. The van der Waals surface area contributed by atoms with Gasteiger partial charge in [0, 0.05) is 5.54 Å². The van der Waals surface area contributed by atoms with Gasteiger partial charge in [0.15, 0.2) is 5.96 Å². The summed E-state index contributed by atoms with van der Waals surface area (Å²) in [5, 5.41) is 3.67. The van der Waals surface area contributed by atoms with E-state index in [4.69, 9.17) is 22.1 Å². The molecule has 0 amide bonds. The molecule has 0 unspecified atom stereocenters. The molecule has 0 heterocycles. The molecule has 0 aliphatic carbocycles. The lowest BCUT2D eigenvalue weighted by atomic mass is 10.1. The summed E-state index contributed by atoms with van der Waals surface area (Å²) in [5.74, 6) is 1.08. The first-order valence-corrected chi connectivity index (χ1v) is 6.10. The fraction of sp³-hybridized carbons (Fsp3) is 0.462. The number of halogens is 1. The molecule has 0 saturated heterocycles. The molecule has 18 heavy (non-hydrogen) atoms. The van der Waals surface area contributed by atoms with E-state index in [1.165, 1.54) is 0 Å². The van der Waals surface area contributed by atoms with Gasteiger partial charge in [-0.05, 0) is 38.5 Å². The van der Waals surface area contributed by atoms with Gasteiger partial charge >= 0.3 is 0 Å². The molecule has 0 spiro atoms. The number of rotatable bonds is 3. The summed E-state index contributed by atoms with van der Waals surface area (Å²) in [4.78, 5) is 4.26. The summed E-state index contributed by atoms with van der Waals surface area (Å²) in [5.41, 5.74) is 6.68. The van der Waals surface area contributed by atoms with Crippen LogP contribution in [-0.2, 0) is 6.54 Å². The minimum atomic E-state index is -0.0921. The lowest BCUT2D eigenvalue weighted by molar-refractivity contribution is 0.415. The summed E-state index contributed by atoms with van der Waals surface area (Å²) in [6, 6.07) is 5.56. The topological polar surface area (TPSA) is 59.6 Å². The molecular weight excluding hydrogens is 250 g/mol. The van der Waals surface area contributed by atoms with Crippen LogP contribution in [0.25, 0.3) is 0 Å². The molecule has 0 aliphatic rings. The van der Waals surface area contributed by atoms with Gasteiger partial charge in [-0.25, -0.2) is 4.99 Å². The van der Waals surface area contributed by atoms with Gasteiger partial charge < -0.3 is 15.8 Å². The molecule has 1 rings (SSSR count). The Morgan fingerprint density at radius 3 is 2.61 bits per heavy atom. The number of hydrogen-bond acceptors (Lipinski definition) is 2. The summed E-state index contributed by atoms with van der Waals surface area (Å²) in [6.07, 6.45) is 0. The Bertz CT molecular complexity index is 438. The van der Waals surface area contributed by atoms with E-state index in [9.17, 15) is 0 Å². The molecule has 0 atom stereocenters. The number of guanidine groups is 1. The van der Waals surface area contributed by atoms with Crippen molar-refractivity contribution in [2.75, 3.05) is 7.11 Å². The van der Waals surface area contributed by atoms with E-state index in [2.05, 4.69) is 10.3 Å². The van der Waals surface area contributed by atoms with Crippen molar-refractivity contribution in [3.05, 3.63) is 28.8 Å². The van der Waals surface area contributed by atoms with Crippen LogP contribution >= 0.6 is 11.6 Å². The second-order valence-corrected chi connectivity index (χ2v) is 5.45. The Kier molecular flexibility index (Phi) is 4.84. The van der Waals surface area contributed by atoms with Crippen LogP contribution in [0.5, 0.6) is 5.75 Å². The minimum Gasteiger partial charge on any atom is -0.495 e. The van der Waals surface area contributed by atoms with E-state index >= 15 is 0 Å². The first-order chi connectivity index (χ1) is 8.31. The maximum absolute atomic E-state index is 6.03. The Hall–Kier alpha value is -1.42. The fourth-order valence-corrected chi connectivity index (χ4v) is 1.69. The smallest absolute Gasteiger partial charge is 0.189 e. The molecule has 0 aliphatic heterocycles. The SMILES string of the molecule is COc1ccc(CN=C(N)NC(C)(C)C)cc1Cl. The standard InChI is InChI=1S/C13H20ClN3O/c1-13(2,3)17-12(15)16-8-9-5-6-11(18-4)10(14)7-9/h5-7H,8H2,1-4H3,(H3,15,16,17). The summed E-state index contributed by atoms with van der Waals surface area (Å²) >= 11 is 6.03. The van der Waals surface area contributed by atoms with Gasteiger partial charge in [0.2, 0.25) is 0 Å². The van der Waals surface area contributed by atoms with Crippen molar-refractivity contribution in [2.24, 2.45) is 10.7 Å². The third-order valence-corrected chi connectivity index (χ3v) is 2.45. The average Bonchev–Trinajstić information content (AvgIpc) is 2.24.